The van der Waals surface area contributed by atoms with Crippen molar-refractivity contribution in [2.45, 2.75) is 25.0 Å². The van der Waals surface area contributed by atoms with Crippen molar-refractivity contribution in [2.24, 2.45) is 0 Å². The molecule has 1 aromatic rings. The fourth-order valence-electron chi connectivity index (χ4n) is 1.70. The maximum absolute atomic E-state index is 6.07. The minimum absolute atomic E-state index is 0.0187. The summed E-state index contributed by atoms with van der Waals surface area (Å²) in [5, 5.41) is 0. The van der Waals surface area contributed by atoms with Crippen LogP contribution in [0.1, 0.15) is 25.0 Å². The second-order valence-corrected chi connectivity index (χ2v) is 3.89. The quantitative estimate of drug-likeness (QED) is 0.626. The monoisotopic (exact) mass is 228 g/mol. The van der Waals surface area contributed by atoms with Gasteiger partial charge in [-0.3, -0.25) is 0 Å². The Morgan fingerprint density at radius 3 is 2.06 bits per heavy atom. The van der Waals surface area contributed by atoms with E-state index in [0.717, 1.165) is 12.0 Å². The number of rotatable bonds is 7. The maximum atomic E-state index is 6.07. The van der Waals surface area contributed by atoms with Crippen LogP contribution in [0.3, 0.4) is 0 Å². The SMILES string of the molecule is C=CC(C=C)(C=C)OC(CC)c1ccccc1. The molecular formula is C16H20O. The first-order valence-corrected chi connectivity index (χ1v) is 5.85. The molecule has 1 heteroatoms. The normalized spacial score (nSPS) is 12.8. The molecular weight excluding hydrogens is 208 g/mol. The molecule has 0 amide bonds. The van der Waals surface area contributed by atoms with Crippen LogP contribution in [0, 0.1) is 0 Å². The molecule has 0 aliphatic heterocycles. The Morgan fingerprint density at radius 1 is 1.12 bits per heavy atom. The van der Waals surface area contributed by atoms with Crippen molar-refractivity contribution in [3.05, 3.63) is 73.9 Å². The summed E-state index contributed by atoms with van der Waals surface area (Å²) >= 11 is 0. The highest BCUT2D eigenvalue weighted by molar-refractivity contribution is 5.23. The molecule has 1 unspecified atom stereocenters. The zero-order chi connectivity index (χ0) is 12.7. The molecule has 0 saturated carbocycles. The Bertz CT molecular complexity index is 356. The van der Waals surface area contributed by atoms with Gasteiger partial charge in [0.05, 0.1) is 6.10 Å². The topological polar surface area (TPSA) is 9.23 Å². The predicted octanol–water partition coefficient (Wildman–Crippen LogP) is 4.45. The second-order valence-electron chi connectivity index (χ2n) is 3.89. The number of hydrogen-bond acceptors (Lipinski definition) is 1. The van der Waals surface area contributed by atoms with E-state index in [1.807, 2.05) is 18.2 Å². The zero-order valence-electron chi connectivity index (χ0n) is 10.4. The van der Waals surface area contributed by atoms with E-state index in [2.05, 4.69) is 38.8 Å². The minimum atomic E-state index is -0.656. The van der Waals surface area contributed by atoms with Crippen LogP contribution in [-0.2, 0) is 4.74 Å². The van der Waals surface area contributed by atoms with Crippen LogP contribution in [0.15, 0.2) is 68.3 Å². The molecule has 90 valence electrons. The zero-order valence-corrected chi connectivity index (χ0v) is 10.4. The molecule has 0 radical (unpaired) electrons. The molecule has 1 nitrogen and oxygen atoms in total. The van der Waals surface area contributed by atoms with Gasteiger partial charge in [-0.25, -0.2) is 0 Å². The Kier molecular flexibility index (Phi) is 4.92. The Morgan fingerprint density at radius 2 is 1.65 bits per heavy atom. The Labute approximate surface area is 104 Å². The van der Waals surface area contributed by atoms with Crippen LogP contribution in [0.2, 0.25) is 0 Å². The van der Waals surface area contributed by atoms with Gasteiger partial charge in [0.1, 0.15) is 5.60 Å². The summed E-state index contributed by atoms with van der Waals surface area (Å²) in [4.78, 5) is 0. The number of ether oxygens (including phenoxy) is 1. The first-order valence-electron chi connectivity index (χ1n) is 5.85. The average Bonchev–Trinajstić information content (AvgIpc) is 2.42. The lowest BCUT2D eigenvalue weighted by atomic mass is 10.0. The van der Waals surface area contributed by atoms with Crippen molar-refractivity contribution in [1.29, 1.82) is 0 Å². The van der Waals surface area contributed by atoms with E-state index >= 15 is 0 Å². The highest BCUT2D eigenvalue weighted by Crippen LogP contribution is 2.29. The molecule has 0 heterocycles. The third-order valence-corrected chi connectivity index (χ3v) is 2.85. The van der Waals surface area contributed by atoms with Crippen LogP contribution < -0.4 is 0 Å². The van der Waals surface area contributed by atoms with Crippen molar-refractivity contribution < 1.29 is 4.74 Å². The summed E-state index contributed by atoms with van der Waals surface area (Å²) < 4.78 is 6.07. The molecule has 0 spiro atoms. The van der Waals surface area contributed by atoms with Crippen molar-refractivity contribution in [3.63, 3.8) is 0 Å². The van der Waals surface area contributed by atoms with Crippen molar-refractivity contribution in [1.82, 2.24) is 0 Å². The summed E-state index contributed by atoms with van der Waals surface area (Å²) in [5.74, 6) is 0. The molecule has 0 aliphatic rings. The van der Waals surface area contributed by atoms with Crippen molar-refractivity contribution in [2.75, 3.05) is 0 Å². The first kappa shape index (κ1) is 13.5. The van der Waals surface area contributed by atoms with Gasteiger partial charge in [0, 0.05) is 0 Å². The lowest BCUT2D eigenvalue weighted by molar-refractivity contribution is -0.00969. The average molecular weight is 228 g/mol. The lowest BCUT2D eigenvalue weighted by Crippen LogP contribution is -2.26. The van der Waals surface area contributed by atoms with Gasteiger partial charge in [-0.15, -0.1) is 0 Å². The molecule has 1 atom stereocenters. The van der Waals surface area contributed by atoms with E-state index < -0.39 is 5.60 Å². The fourth-order valence-corrected chi connectivity index (χ4v) is 1.70. The van der Waals surface area contributed by atoms with Crippen molar-refractivity contribution in [3.8, 4) is 0 Å². The molecule has 17 heavy (non-hydrogen) atoms. The molecule has 0 aliphatic carbocycles. The van der Waals surface area contributed by atoms with Crippen LogP contribution in [0.4, 0.5) is 0 Å². The molecule has 0 bridgehead atoms. The van der Waals surface area contributed by atoms with Crippen LogP contribution >= 0.6 is 0 Å². The number of benzene rings is 1. The summed E-state index contributed by atoms with van der Waals surface area (Å²) in [6.07, 6.45) is 6.07. The van der Waals surface area contributed by atoms with E-state index in [1.165, 1.54) is 0 Å². The first-order chi connectivity index (χ1) is 8.21. The van der Waals surface area contributed by atoms with Gasteiger partial charge in [0.2, 0.25) is 0 Å². The van der Waals surface area contributed by atoms with Crippen molar-refractivity contribution >= 4 is 0 Å². The standard InChI is InChI=1S/C16H20O/c1-5-15(14-12-10-9-11-13-14)17-16(6-2,7-3)8-4/h6-13,15H,2-5H2,1H3. The van der Waals surface area contributed by atoms with E-state index in [0.29, 0.717) is 0 Å². The smallest absolute Gasteiger partial charge is 0.123 e. The van der Waals surface area contributed by atoms with Crippen LogP contribution in [0.25, 0.3) is 0 Å². The molecule has 0 aromatic heterocycles. The van der Waals surface area contributed by atoms with Gasteiger partial charge >= 0.3 is 0 Å². The van der Waals surface area contributed by atoms with Gasteiger partial charge in [-0.05, 0) is 12.0 Å². The Hall–Kier alpha value is -1.60. The number of hydrogen-bond donors (Lipinski definition) is 0. The highest BCUT2D eigenvalue weighted by Gasteiger charge is 2.24. The van der Waals surface area contributed by atoms with Gasteiger partial charge in [0.15, 0.2) is 0 Å². The van der Waals surface area contributed by atoms with E-state index in [9.17, 15) is 0 Å². The van der Waals surface area contributed by atoms with Gasteiger partial charge in [0.25, 0.3) is 0 Å². The van der Waals surface area contributed by atoms with Gasteiger partial charge in [-0.1, -0.05) is 75.2 Å². The molecule has 0 saturated heterocycles. The van der Waals surface area contributed by atoms with E-state index in [4.69, 9.17) is 4.74 Å². The second kappa shape index (κ2) is 6.21. The largest absolute Gasteiger partial charge is 0.355 e. The predicted molar refractivity (Wildman–Crippen MR) is 73.9 cm³/mol. The maximum Gasteiger partial charge on any atom is 0.123 e. The third kappa shape index (κ3) is 3.18. The van der Waals surface area contributed by atoms with Gasteiger partial charge < -0.3 is 4.74 Å². The molecule has 1 rings (SSSR count). The van der Waals surface area contributed by atoms with Gasteiger partial charge in [-0.2, -0.15) is 0 Å². The summed E-state index contributed by atoms with van der Waals surface area (Å²) in [7, 11) is 0. The Balaban J connectivity index is 2.94. The third-order valence-electron chi connectivity index (χ3n) is 2.85. The van der Waals surface area contributed by atoms with E-state index in [-0.39, 0.29) is 6.10 Å². The molecule has 0 fully saturated rings. The van der Waals surface area contributed by atoms with E-state index in [1.54, 1.807) is 18.2 Å². The van der Waals surface area contributed by atoms with Crippen LogP contribution in [0.5, 0.6) is 0 Å². The lowest BCUT2D eigenvalue weighted by Gasteiger charge is -2.29. The minimum Gasteiger partial charge on any atom is -0.355 e. The van der Waals surface area contributed by atoms with Crippen LogP contribution in [-0.4, -0.2) is 5.60 Å². The highest BCUT2D eigenvalue weighted by atomic mass is 16.5. The summed E-state index contributed by atoms with van der Waals surface area (Å²) in [6.45, 7) is 13.5. The molecule has 0 N–H and O–H groups in total. The molecule has 1 aromatic carbocycles. The summed E-state index contributed by atoms with van der Waals surface area (Å²) in [6, 6.07) is 10.2. The fraction of sp³-hybridized carbons (Fsp3) is 0.250. The summed E-state index contributed by atoms with van der Waals surface area (Å²) in [5.41, 5.74) is 0.501.